The minimum atomic E-state index is -0.383. The Kier molecular flexibility index (Phi) is 3.98. The van der Waals surface area contributed by atoms with Crippen LogP contribution in [-0.4, -0.2) is 11.5 Å². The van der Waals surface area contributed by atoms with Crippen molar-refractivity contribution in [2.45, 2.75) is 5.75 Å². The molecule has 0 fully saturated rings. The zero-order chi connectivity index (χ0) is 12.1. The van der Waals surface area contributed by atoms with Crippen molar-refractivity contribution in [2.24, 2.45) is 0 Å². The average molecular weight is 250 g/mol. The van der Waals surface area contributed by atoms with Crippen LogP contribution >= 0.6 is 11.8 Å². The van der Waals surface area contributed by atoms with E-state index in [1.807, 2.05) is 12.1 Å². The number of rotatable bonds is 5. The highest BCUT2D eigenvalue weighted by atomic mass is 32.2. The van der Waals surface area contributed by atoms with Crippen molar-refractivity contribution >= 4 is 17.5 Å². The Labute approximate surface area is 103 Å². The second-order valence-electron chi connectivity index (χ2n) is 3.51. The molecule has 1 aromatic heterocycles. The van der Waals surface area contributed by atoms with Gasteiger partial charge in [-0.2, -0.15) is 0 Å². The molecule has 0 aliphatic carbocycles. The summed E-state index contributed by atoms with van der Waals surface area (Å²) in [7, 11) is 0. The van der Waals surface area contributed by atoms with Gasteiger partial charge in [0.15, 0.2) is 5.78 Å². The molecule has 0 radical (unpaired) electrons. The van der Waals surface area contributed by atoms with Gasteiger partial charge in [0.25, 0.3) is 0 Å². The van der Waals surface area contributed by atoms with Crippen molar-refractivity contribution in [2.75, 3.05) is 5.75 Å². The maximum atomic E-state index is 12.9. The van der Waals surface area contributed by atoms with Gasteiger partial charge in [-0.3, -0.25) is 4.79 Å². The second kappa shape index (κ2) is 5.68. The van der Waals surface area contributed by atoms with Crippen molar-refractivity contribution < 1.29 is 13.6 Å². The number of furan rings is 1. The number of ketones is 1. The number of carbonyl (C=O) groups is 1. The summed E-state index contributed by atoms with van der Waals surface area (Å²) < 4.78 is 18.0. The van der Waals surface area contributed by atoms with E-state index in [9.17, 15) is 9.18 Å². The smallest absolute Gasteiger partial charge is 0.172 e. The predicted molar refractivity (Wildman–Crippen MR) is 65.6 cm³/mol. The van der Waals surface area contributed by atoms with E-state index in [-0.39, 0.29) is 11.6 Å². The molecule has 0 aliphatic rings. The van der Waals surface area contributed by atoms with E-state index in [0.29, 0.717) is 17.1 Å². The van der Waals surface area contributed by atoms with E-state index >= 15 is 0 Å². The van der Waals surface area contributed by atoms with Gasteiger partial charge in [0.05, 0.1) is 17.8 Å². The average Bonchev–Trinajstić information content (AvgIpc) is 2.82. The molecule has 0 unspecified atom stereocenters. The van der Waals surface area contributed by atoms with E-state index in [4.69, 9.17) is 4.42 Å². The minimum Gasteiger partial charge on any atom is -0.468 e. The fraction of sp³-hybridized carbons (Fsp3) is 0.154. The summed E-state index contributed by atoms with van der Waals surface area (Å²) in [5, 5.41) is 0. The van der Waals surface area contributed by atoms with Crippen LogP contribution in [0.2, 0.25) is 0 Å². The highest BCUT2D eigenvalue weighted by Gasteiger charge is 2.07. The summed E-state index contributed by atoms with van der Waals surface area (Å²) in [4.78, 5) is 11.7. The first-order chi connectivity index (χ1) is 8.25. The van der Waals surface area contributed by atoms with Gasteiger partial charge in [-0.15, -0.1) is 11.8 Å². The highest BCUT2D eigenvalue weighted by Crippen LogP contribution is 2.14. The molecule has 0 N–H and O–H groups in total. The molecular weight excluding hydrogens is 239 g/mol. The largest absolute Gasteiger partial charge is 0.468 e. The molecule has 88 valence electrons. The summed E-state index contributed by atoms with van der Waals surface area (Å²) in [5.41, 5.74) is 0.414. The van der Waals surface area contributed by atoms with Gasteiger partial charge >= 0.3 is 0 Å². The molecule has 0 aliphatic heterocycles. The lowest BCUT2D eigenvalue weighted by Gasteiger charge is -2.00. The van der Waals surface area contributed by atoms with Crippen molar-refractivity contribution in [1.82, 2.24) is 0 Å². The van der Waals surface area contributed by atoms with Crippen LogP contribution in [0, 0.1) is 5.82 Å². The molecule has 0 atom stereocenters. The molecule has 0 saturated carbocycles. The van der Waals surface area contributed by atoms with Gasteiger partial charge in [0.1, 0.15) is 11.6 Å². The number of carbonyl (C=O) groups excluding carboxylic acids is 1. The fourth-order valence-electron chi connectivity index (χ4n) is 1.38. The van der Waals surface area contributed by atoms with Crippen LogP contribution in [0.1, 0.15) is 16.1 Å². The zero-order valence-electron chi connectivity index (χ0n) is 9.06. The van der Waals surface area contributed by atoms with Gasteiger partial charge in [-0.05, 0) is 24.3 Å². The Bertz CT molecular complexity index is 494. The fourth-order valence-corrected chi connectivity index (χ4v) is 2.20. The number of benzene rings is 1. The highest BCUT2D eigenvalue weighted by molar-refractivity contribution is 7.99. The van der Waals surface area contributed by atoms with E-state index in [1.165, 1.54) is 23.9 Å². The molecule has 1 aromatic carbocycles. The Morgan fingerprint density at radius 1 is 1.29 bits per heavy atom. The Morgan fingerprint density at radius 2 is 2.18 bits per heavy atom. The number of hydrogen-bond donors (Lipinski definition) is 0. The minimum absolute atomic E-state index is 0.0685. The van der Waals surface area contributed by atoms with Gasteiger partial charge < -0.3 is 4.42 Å². The van der Waals surface area contributed by atoms with Crippen LogP contribution in [0.3, 0.4) is 0 Å². The maximum Gasteiger partial charge on any atom is 0.172 e. The molecular formula is C13H11FO2S. The number of hydrogen-bond acceptors (Lipinski definition) is 3. The molecule has 2 nitrogen and oxygen atoms in total. The van der Waals surface area contributed by atoms with Gasteiger partial charge in [0, 0.05) is 5.56 Å². The Hall–Kier alpha value is -1.55. The third-order valence-corrected chi connectivity index (χ3v) is 3.16. The summed E-state index contributed by atoms with van der Waals surface area (Å²) in [6, 6.07) is 9.42. The number of halogens is 1. The summed E-state index contributed by atoms with van der Waals surface area (Å²) in [5.74, 6) is 1.35. The zero-order valence-corrected chi connectivity index (χ0v) is 9.87. The second-order valence-corrected chi connectivity index (χ2v) is 4.49. The molecule has 2 aromatic rings. The topological polar surface area (TPSA) is 30.2 Å². The van der Waals surface area contributed by atoms with Crippen molar-refractivity contribution in [3.8, 4) is 0 Å². The molecule has 0 spiro atoms. The van der Waals surface area contributed by atoms with Crippen LogP contribution in [0.25, 0.3) is 0 Å². The summed E-state index contributed by atoms with van der Waals surface area (Å²) >= 11 is 1.45. The third kappa shape index (κ3) is 3.46. The number of thioether (sulfide) groups is 1. The summed E-state index contributed by atoms with van der Waals surface area (Å²) in [6.07, 6.45) is 1.60. The normalized spacial score (nSPS) is 10.4. The molecule has 17 heavy (non-hydrogen) atoms. The van der Waals surface area contributed by atoms with Gasteiger partial charge in [-0.25, -0.2) is 4.39 Å². The van der Waals surface area contributed by atoms with Crippen molar-refractivity contribution in [3.63, 3.8) is 0 Å². The van der Waals surface area contributed by atoms with Crippen molar-refractivity contribution in [3.05, 3.63) is 59.8 Å². The van der Waals surface area contributed by atoms with Crippen molar-refractivity contribution in [1.29, 1.82) is 0 Å². The SMILES string of the molecule is O=C(CSCc1ccco1)c1cccc(F)c1. The number of Topliss-reactive ketones (excluding diaryl/α,β-unsaturated/α-hetero) is 1. The lowest BCUT2D eigenvalue weighted by atomic mass is 10.1. The lowest BCUT2D eigenvalue weighted by molar-refractivity contribution is 0.102. The Balaban J connectivity index is 1.85. The van der Waals surface area contributed by atoms with Gasteiger partial charge in [0.2, 0.25) is 0 Å². The van der Waals surface area contributed by atoms with E-state index in [1.54, 1.807) is 18.4 Å². The van der Waals surface area contributed by atoms with Crippen LogP contribution in [0.4, 0.5) is 4.39 Å². The molecule has 0 saturated heterocycles. The first-order valence-corrected chi connectivity index (χ1v) is 6.30. The maximum absolute atomic E-state index is 12.9. The molecule has 0 bridgehead atoms. The van der Waals surface area contributed by atoms with Crippen LogP contribution in [0.15, 0.2) is 47.1 Å². The van der Waals surface area contributed by atoms with Crippen LogP contribution in [-0.2, 0) is 5.75 Å². The first kappa shape index (κ1) is 11.9. The molecule has 2 rings (SSSR count). The standard InChI is InChI=1S/C13H11FO2S/c14-11-4-1-3-10(7-11)13(15)9-17-8-12-5-2-6-16-12/h1-7H,8-9H2. The molecule has 1 heterocycles. The van der Waals surface area contributed by atoms with Crippen LogP contribution < -0.4 is 0 Å². The Morgan fingerprint density at radius 3 is 2.88 bits per heavy atom. The quantitative estimate of drug-likeness (QED) is 0.760. The third-order valence-electron chi connectivity index (χ3n) is 2.20. The van der Waals surface area contributed by atoms with E-state index in [0.717, 1.165) is 5.76 Å². The monoisotopic (exact) mass is 250 g/mol. The molecule has 0 amide bonds. The first-order valence-electron chi connectivity index (χ1n) is 5.14. The van der Waals surface area contributed by atoms with E-state index < -0.39 is 0 Å². The van der Waals surface area contributed by atoms with Crippen LogP contribution in [0.5, 0.6) is 0 Å². The van der Waals surface area contributed by atoms with Gasteiger partial charge in [-0.1, -0.05) is 12.1 Å². The lowest BCUT2D eigenvalue weighted by Crippen LogP contribution is -2.02. The predicted octanol–water partition coefficient (Wildman–Crippen LogP) is 3.53. The van der Waals surface area contributed by atoms with E-state index in [2.05, 4.69) is 0 Å². The molecule has 4 heteroatoms. The summed E-state index contributed by atoms with van der Waals surface area (Å²) in [6.45, 7) is 0.